The van der Waals surface area contributed by atoms with Crippen molar-refractivity contribution in [1.82, 2.24) is 15.2 Å². The molecule has 0 saturated carbocycles. The number of aromatic amines is 1. The van der Waals surface area contributed by atoms with Gasteiger partial charge in [-0.25, -0.2) is 4.98 Å². The second-order valence-electron chi connectivity index (χ2n) is 5.47. The molecule has 0 aliphatic rings. The Morgan fingerprint density at radius 2 is 1.84 bits per heavy atom. The van der Waals surface area contributed by atoms with Crippen LogP contribution in [0.25, 0.3) is 22.2 Å². The van der Waals surface area contributed by atoms with Gasteiger partial charge in [0.25, 0.3) is 0 Å². The number of H-pyrrole nitrogens is 1. The number of nitrogens with one attached hydrogen (secondary N) is 2. The highest BCUT2D eigenvalue weighted by Gasteiger charge is 2.05. The van der Waals surface area contributed by atoms with Crippen LogP contribution < -0.4 is 5.43 Å². The fourth-order valence-corrected chi connectivity index (χ4v) is 2.80. The van der Waals surface area contributed by atoms with E-state index in [-0.39, 0.29) is 0 Å². The molecule has 0 radical (unpaired) electrons. The normalized spacial score (nSPS) is 11.2. The van der Waals surface area contributed by atoms with Crippen LogP contribution in [0.4, 0.5) is 5.82 Å². The average molecular weight is 392 g/mol. The highest BCUT2D eigenvalue weighted by atomic mass is 79.9. The van der Waals surface area contributed by atoms with E-state index >= 15 is 0 Å². The van der Waals surface area contributed by atoms with E-state index in [1.807, 2.05) is 60.7 Å². The number of aromatic nitrogens is 3. The van der Waals surface area contributed by atoms with E-state index in [1.54, 1.807) is 12.4 Å². The van der Waals surface area contributed by atoms with E-state index in [1.165, 1.54) is 0 Å². The first-order chi connectivity index (χ1) is 12.3. The summed E-state index contributed by atoms with van der Waals surface area (Å²) < 4.78 is 1.04. The van der Waals surface area contributed by atoms with E-state index in [9.17, 15) is 0 Å². The summed E-state index contributed by atoms with van der Waals surface area (Å²) in [6, 6.07) is 19.9. The largest absolute Gasteiger partial charge is 0.277 e. The van der Waals surface area contributed by atoms with Crippen LogP contribution in [0.1, 0.15) is 5.56 Å². The second-order valence-corrected chi connectivity index (χ2v) is 6.38. The van der Waals surface area contributed by atoms with Gasteiger partial charge >= 0.3 is 0 Å². The smallest absolute Gasteiger partial charge is 0.146 e. The topological polar surface area (TPSA) is 66.0 Å². The molecule has 0 spiro atoms. The molecule has 2 aromatic heterocycles. The summed E-state index contributed by atoms with van der Waals surface area (Å²) in [5, 5.41) is 12.5. The Morgan fingerprint density at radius 3 is 2.72 bits per heavy atom. The van der Waals surface area contributed by atoms with Gasteiger partial charge in [-0.05, 0) is 30.3 Å². The van der Waals surface area contributed by atoms with Crippen molar-refractivity contribution < 1.29 is 0 Å². The van der Waals surface area contributed by atoms with Crippen molar-refractivity contribution in [3.05, 3.63) is 76.9 Å². The number of halogens is 1. The van der Waals surface area contributed by atoms with Crippen LogP contribution in [-0.4, -0.2) is 21.4 Å². The van der Waals surface area contributed by atoms with Crippen LogP contribution in [0.5, 0.6) is 0 Å². The Morgan fingerprint density at radius 1 is 1.00 bits per heavy atom. The van der Waals surface area contributed by atoms with Crippen LogP contribution in [-0.2, 0) is 0 Å². The number of rotatable bonds is 4. The molecule has 0 unspecified atom stereocenters. The highest BCUT2D eigenvalue weighted by Crippen LogP contribution is 2.22. The first kappa shape index (κ1) is 15.5. The van der Waals surface area contributed by atoms with Gasteiger partial charge in [-0.15, -0.1) is 0 Å². The quantitative estimate of drug-likeness (QED) is 0.386. The SMILES string of the molecule is Brc1ccc(-c2[nH]ncc2/C=N/Nc2ccc3ccccc3n2)cc1. The van der Waals surface area contributed by atoms with Gasteiger partial charge in [0.15, 0.2) is 0 Å². The van der Waals surface area contributed by atoms with Gasteiger partial charge in [-0.1, -0.05) is 46.3 Å². The molecule has 4 rings (SSSR count). The maximum atomic E-state index is 4.53. The van der Waals surface area contributed by atoms with Crippen LogP contribution in [0, 0.1) is 0 Å². The van der Waals surface area contributed by atoms with E-state index in [0.29, 0.717) is 5.82 Å². The first-order valence-corrected chi connectivity index (χ1v) is 8.53. The van der Waals surface area contributed by atoms with Crippen molar-refractivity contribution in [3.63, 3.8) is 0 Å². The number of anilines is 1. The molecule has 0 aliphatic heterocycles. The predicted octanol–water partition coefficient (Wildman–Crippen LogP) is 4.83. The minimum absolute atomic E-state index is 0.698. The van der Waals surface area contributed by atoms with Crippen molar-refractivity contribution in [2.75, 3.05) is 5.43 Å². The van der Waals surface area contributed by atoms with E-state index in [4.69, 9.17) is 0 Å². The monoisotopic (exact) mass is 391 g/mol. The van der Waals surface area contributed by atoms with Gasteiger partial charge in [-0.3, -0.25) is 10.5 Å². The number of hydrogen-bond donors (Lipinski definition) is 2. The molecule has 4 aromatic rings. The van der Waals surface area contributed by atoms with Gasteiger partial charge in [0.05, 0.1) is 23.6 Å². The van der Waals surface area contributed by atoms with Crippen LogP contribution in [0.3, 0.4) is 0 Å². The fourth-order valence-electron chi connectivity index (χ4n) is 2.54. The average Bonchev–Trinajstić information content (AvgIpc) is 3.11. The lowest BCUT2D eigenvalue weighted by atomic mass is 10.1. The molecule has 0 atom stereocenters. The van der Waals surface area contributed by atoms with Gasteiger partial charge in [0.1, 0.15) is 5.82 Å². The third kappa shape index (κ3) is 3.44. The lowest BCUT2D eigenvalue weighted by Crippen LogP contribution is -1.94. The third-order valence-electron chi connectivity index (χ3n) is 3.78. The zero-order valence-electron chi connectivity index (χ0n) is 13.1. The molecule has 0 bridgehead atoms. The molecule has 2 N–H and O–H groups in total. The number of fused-ring (bicyclic) bond motifs is 1. The predicted molar refractivity (Wildman–Crippen MR) is 105 cm³/mol. The Kier molecular flexibility index (Phi) is 4.26. The molecule has 25 heavy (non-hydrogen) atoms. The van der Waals surface area contributed by atoms with Gasteiger partial charge < -0.3 is 0 Å². The summed E-state index contributed by atoms with van der Waals surface area (Å²) in [6.07, 6.45) is 3.48. The van der Waals surface area contributed by atoms with E-state index < -0.39 is 0 Å². The maximum Gasteiger partial charge on any atom is 0.146 e. The molecular formula is C19H14BrN5. The number of para-hydroxylation sites is 1. The number of nitrogens with zero attached hydrogens (tertiary/aromatic N) is 3. The molecule has 122 valence electrons. The first-order valence-electron chi connectivity index (χ1n) is 7.74. The lowest BCUT2D eigenvalue weighted by molar-refractivity contribution is 1.10. The van der Waals surface area contributed by atoms with Crippen LogP contribution in [0.2, 0.25) is 0 Å². The summed E-state index contributed by atoms with van der Waals surface area (Å²) in [5.74, 6) is 0.698. The summed E-state index contributed by atoms with van der Waals surface area (Å²) >= 11 is 3.44. The summed E-state index contributed by atoms with van der Waals surface area (Å²) in [6.45, 7) is 0. The molecule has 2 heterocycles. The molecule has 5 nitrogen and oxygen atoms in total. The van der Waals surface area contributed by atoms with Crippen LogP contribution in [0.15, 0.2) is 76.4 Å². The van der Waals surface area contributed by atoms with Crippen molar-refractivity contribution >= 4 is 38.9 Å². The minimum Gasteiger partial charge on any atom is -0.277 e. The van der Waals surface area contributed by atoms with Crippen molar-refractivity contribution in [3.8, 4) is 11.3 Å². The van der Waals surface area contributed by atoms with Crippen molar-refractivity contribution in [2.24, 2.45) is 5.10 Å². The van der Waals surface area contributed by atoms with Crippen LogP contribution >= 0.6 is 15.9 Å². The molecular weight excluding hydrogens is 378 g/mol. The second kappa shape index (κ2) is 6.86. The third-order valence-corrected chi connectivity index (χ3v) is 4.31. The Labute approximate surface area is 152 Å². The maximum absolute atomic E-state index is 4.53. The van der Waals surface area contributed by atoms with Crippen molar-refractivity contribution in [2.45, 2.75) is 0 Å². The van der Waals surface area contributed by atoms with Gasteiger partial charge in [0, 0.05) is 21.0 Å². The zero-order valence-corrected chi connectivity index (χ0v) is 14.7. The number of benzene rings is 2. The zero-order chi connectivity index (χ0) is 17.1. The Balaban J connectivity index is 1.54. The highest BCUT2D eigenvalue weighted by molar-refractivity contribution is 9.10. The molecule has 0 amide bonds. The van der Waals surface area contributed by atoms with Gasteiger partial charge in [-0.2, -0.15) is 10.2 Å². The Bertz CT molecular complexity index is 1040. The number of pyridine rings is 1. The van der Waals surface area contributed by atoms with E-state index in [2.05, 4.69) is 41.6 Å². The standard InChI is InChI=1S/C19H14BrN5/c20-16-8-5-14(6-9-16)19-15(12-22-25-19)11-21-24-18-10-7-13-3-1-2-4-17(13)23-18/h1-12H,(H,22,25)(H,23,24)/b21-11+. The summed E-state index contributed by atoms with van der Waals surface area (Å²) in [4.78, 5) is 4.53. The molecule has 2 aromatic carbocycles. The molecule has 0 fully saturated rings. The van der Waals surface area contributed by atoms with Crippen molar-refractivity contribution in [1.29, 1.82) is 0 Å². The van der Waals surface area contributed by atoms with E-state index in [0.717, 1.165) is 32.2 Å². The summed E-state index contributed by atoms with van der Waals surface area (Å²) in [7, 11) is 0. The molecule has 6 heteroatoms. The summed E-state index contributed by atoms with van der Waals surface area (Å²) in [5.41, 5.74) is 6.77. The molecule has 0 saturated heterocycles. The number of hydrogen-bond acceptors (Lipinski definition) is 4. The minimum atomic E-state index is 0.698. The van der Waals surface area contributed by atoms with Gasteiger partial charge in [0.2, 0.25) is 0 Å². The lowest BCUT2D eigenvalue weighted by Gasteiger charge is -2.02. The Hall–Kier alpha value is -2.99. The molecule has 0 aliphatic carbocycles. The number of hydrazone groups is 1. The fraction of sp³-hybridized carbons (Fsp3) is 0.